The van der Waals surface area contributed by atoms with Crippen LogP contribution in [0.3, 0.4) is 0 Å². The first-order chi connectivity index (χ1) is 8.49. The summed E-state index contributed by atoms with van der Waals surface area (Å²) < 4.78 is 29.6. The van der Waals surface area contributed by atoms with Crippen molar-refractivity contribution in [1.82, 2.24) is 5.16 Å². The van der Waals surface area contributed by atoms with E-state index in [0.29, 0.717) is 0 Å². The fraction of sp³-hybridized carbons (Fsp3) is 0.0909. The molecule has 1 aromatic carbocycles. The average molecular weight is 255 g/mol. The van der Waals surface area contributed by atoms with E-state index < -0.39 is 29.5 Å². The van der Waals surface area contributed by atoms with Crippen molar-refractivity contribution in [3.63, 3.8) is 0 Å². The van der Waals surface area contributed by atoms with Gasteiger partial charge >= 0.3 is 5.97 Å². The van der Waals surface area contributed by atoms with Crippen molar-refractivity contribution in [3.05, 3.63) is 35.6 Å². The predicted octanol–water partition coefficient (Wildman–Crippen LogP) is 2.68. The van der Waals surface area contributed by atoms with Gasteiger partial charge < -0.3 is 14.7 Å². The minimum absolute atomic E-state index is 0.106. The number of phenols is 1. The fourth-order valence-electron chi connectivity index (χ4n) is 1.40. The molecule has 94 valence electrons. The van der Waals surface area contributed by atoms with E-state index in [9.17, 15) is 18.7 Å². The summed E-state index contributed by atoms with van der Waals surface area (Å²) in [6.45, 7) is 0. The number of hydrogen-bond acceptors (Lipinski definition) is 4. The topological polar surface area (TPSA) is 83.6 Å². The molecule has 0 radical (unpaired) electrons. The number of nitrogens with zero attached hydrogens (tertiary/aromatic N) is 1. The standard InChI is InChI=1S/C11H7F2NO4/c12-10(13)6-3-5(1-2-8(6)15)7-4-9(11(16)17)18-14-7/h1-4,10,15H,(H,16,17). The molecule has 0 fully saturated rings. The molecule has 0 amide bonds. The smallest absolute Gasteiger partial charge is 0.374 e. The third-order valence-corrected chi connectivity index (χ3v) is 2.28. The van der Waals surface area contributed by atoms with Crippen molar-refractivity contribution < 1.29 is 28.3 Å². The van der Waals surface area contributed by atoms with Crippen LogP contribution in [0.2, 0.25) is 0 Å². The number of hydrogen-bond donors (Lipinski definition) is 2. The van der Waals surface area contributed by atoms with E-state index in [1.54, 1.807) is 0 Å². The summed E-state index contributed by atoms with van der Waals surface area (Å²) in [5, 5.41) is 21.3. The van der Waals surface area contributed by atoms with Gasteiger partial charge in [-0.15, -0.1) is 0 Å². The second kappa shape index (κ2) is 4.44. The van der Waals surface area contributed by atoms with Gasteiger partial charge in [-0.1, -0.05) is 5.16 Å². The van der Waals surface area contributed by atoms with Crippen molar-refractivity contribution in [2.45, 2.75) is 6.43 Å². The Kier molecular flexibility index (Phi) is 2.97. The van der Waals surface area contributed by atoms with Crippen LogP contribution in [-0.2, 0) is 0 Å². The molecule has 0 saturated heterocycles. The van der Waals surface area contributed by atoms with Crippen molar-refractivity contribution in [1.29, 1.82) is 0 Å². The molecule has 0 bridgehead atoms. The summed E-state index contributed by atoms with van der Waals surface area (Å²) in [6.07, 6.45) is -2.84. The molecule has 0 spiro atoms. The molecule has 0 aliphatic heterocycles. The van der Waals surface area contributed by atoms with E-state index in [2.05, 4.69) is 9.68 Å². The number of rotatable bonds is 3. The Bertz CT molecular complexity index is 594. The van der Waals surface area contributed by atoms with Gasteiger partial charge in [0.15, 0.2) is 0 Å². The molecule has 5 nitrogen and oxygen atoms in total. The average Bonchev–Trinajstić information content (AvgIpc) is 2.78. The lowest BCUT2D eigenvalue weighted by atomic mass is 10.1. The fourth-order valence-corrected chi connectivity index (χ4v) is 1.40. The minimum atomic E-state index is -2.84. The van der Waals surface area contributed by atoms with Gasteiger partial charge in [0.25, 0.3) is 6.43 Å². The quantitative estimate of drug-likeness (QED) is 0.880. The molecule has 0 saturated carbocycles. The normalized spacial score (nSPS) is 10.8. The lowest BCUT2D eigenvalue weighted by Crippen LogP contribution is -1.91. The van der Waals surface area contributed by atoms with E-state index in [1.807, 2.05) is 0 Å². The zero-order valence-electron chi connectivity index (χ0n) is 8.80. The SMILES string of the molecule is O=C(O)c1cc(-c2ccc(O)c(C(F)F)c2)no1. The van der Waals surface area contributed by atoms with Gasteiger partial charge in [0, 0.05) is 11.6 Å². The second-order valence-corrected chi connectivity index (χ2v) is 3.46. The highest BCUT2D eigenvalue weighted by molar-refractivity contribution is 5.85. The van der Waals surface area contributed by atoms with Crippen LogP contribution in [0, 0.1) is 0 Å². The van der Waals surface area contributed by atoms with Crippen molar-refractivity contribution in [2.24, 2.45) is 0 Å². The summed E-state index contributed by atoms with van der Waals surface area (Å²) in [4.78, 5) is 10.6. The maximum absolute atomic E-state index is 12.6. The number of carboxylic acids is 1. The van der Waals surface area contributed by atoms with Gasteiger partial charge in [-0.05, 0) is 18.2 Å². The van der Waals surface area contributed by atoms with E-state index >= 15 is 0 Å². The first-order valence-electron chi connectivity index (χ1n) is 4.80. The maximum Gasteiger partial charge on any atom is 0.374 e. The molecule has 1 aromatic heterocycles. The number of aromatic hydroxyl groups is 1. The zero-order valence-corrected chi connectivity index (χ0v) is 8.80. The molecule has 7 heteroatoms. The number of benzene rings is 1. The molecule has 0 aliphatic rings. The van der Waals surface area contributed by atoms with Crippen LogP contribution < -0.4 is 0 Å². The number of carbonyl (C=O) groups is 1. The first-order valence-corrected chi connectivity index (χ1v) is 4.80. The van der Waals surface area contributed by atoms with E-state index in [4.69, 9.17) is 5.11 Å². The van der Waals surface area contributed by atoms with Crippen molar-refractivity contribution >= 4 is 5.97 Å². The van der Waals surface area contributed by atoms with Gasteiger partial charge in [0.2, 0.25) is 5.76 Å². The number of carboxylic acid groups (broad SMARTS) is 1. The van der Waals surface area contributed by atoms with Crippen LogP contribution in [0.5, 0.6) is 5.75 Å². The highest BCUT2D eigenvalue weighted by Crippen LogP contribution is 2.32. The van der Waals surface area contributed by atoms with Crippen LogP contribution in [0.15, 0.2) is 28.8 Å². The van der Waals surface area contributed by atoms with Gasteiger partial charge in [0.1, 0.15) is 11.4 Å². The Morgan fingerprint density at radius 2 is 2.06 bits per heavy atom. The van der Waals surface area contributed by atoms with E-state index in [0.717, 1.165) is 18.2 Å². The molecule has 0 unspecified atom stereocenters. The molecule has 2 rings (SSSR count). The third-order valence-electron chi connectivity index (χ3n) is 2.28. The maximum atomic E-state index is 12.6. The lowest BCUT2D eigenvalue weighted by Gasteiger charge is -2.04. The summed E-state index contributed by atoms with van der Waals surface area (Å²) in [5.41, 5.74) is -0.207. The Hall–Kier alpha value is -2.44. The molecule has 2 aromatic rings. The zero-order chi connectivity index (χ0) is 13.3. The highest BCUT2D eigenvalue weighted by Gasteiger charge is 2.17. The monoisotopic (exact) mass is 255 g/mol. The van der Waals surface area contributed by atoms with Gasteiger partial charge in [-0.3, -0.25) is 0 Å². The molecule has 2 N–H and O–H groups in total. The van der Waals surface area contributed by atoms with Gasteiger partial charge in [0.05, 0.1) is 5.56 Å². The predicted molar refractivity (Wildman–Crippen MR) is 55.5 cm³/mol. The molecule has 1 heterocycles. The van der Waals surface area contributed by atoms with E-state index in [1.165, 1.54) is 6.07 Å². The molecule has 0 aliphatic carbocycles. The Morgan fingerprint density at radius 1 is 1.33 bits per heavy atom. The Labute approximate surface area is 99.3 Å². The molecule has 0 atom stereocenters. The number of alkyl halides is 2. The van der Waals surface area contributed by atoms with Gasteiger partial charge in [-0.25, -0.2) is 13.6 Å². The first kappa shape index (κ1) is 12.0. The summed E-state index contributed by atoms with van der Waals surface area (Å²) in [6, 6.07) is 4.57. The Balaban J connectivity index is 2.44. The van der Waals surface area contributed by atoms with Crippen LogP contribution in [0.25, 0.3) is 11.3 Å². The van der Waals surface area contributed by atoms with Gasteiger partial charge in [-0.2, -0.15) is 0 Å². The van der Waals surface area contributed by atoms with Crippen LogP contribution in [-0.4, -0.2) is 21.3 Å². The van der Waals surface area contributed by atoms with Crippen LogP contribution >= 0.6 is 0 Å². The second-order valence-electron chi connectivity index (χ2n) is 3.46. The summed E-state index contributed by atoms with van der Waals surface area (Å²) in [5.74, 6) is -2.23. The largest absolute Gasteiger partial charge is 0.507 e. The highest BCUT2D eigenvalue weighted by atomic mass is 19.3. The molecular weight excluding hydrogens is 248 g/mol. The minimum Gasteiger partial charge on any atom is -0.507 e. The number of phenolic OH excluding ortho intramolecular Hbond substituents is 1. The Morgan fingerprint density at radius 3 is 2.61 bits per heavy atom. The van der Waals surface area contributed by atoms with Crippen molar-refractivity contribution in [2.75, 3.05) is 0 Å². The number of aromatic nitrogens is 1. The molecular formula is C11H7F2NO4. The number of aromatic carboxylic acids is 1. The van der Waals surface area contributed by atoms with Crippen molar-refractivity contribution in [3.8, 4) is 17.0 Å². The van der Waals surface area contributed by atoms with Crippen LogP contribution in [0.1, 0.15) is 22.5 Å². The molecule has 18 heavy (non-hydrogen) atoms. The lowest BCUT2D eigenvalue weighted by molar-refractivity contribution is 0.0652. The number of halogens is 2. The summed E-state index contributed by atoms with van der Waals surface area (Å²) in [7, 11) is 0. The third kappa shape index (κ3) is 2.15. The van der Waals surface area contributed by atoms with E-state index in [-0.39, 0.29) is 11.3 Å². The van der Waals surface area contributed by atoms with Crippen LogP contribution in [0.4, 0.5) is 8.78 Å². The summed E-state index contributed by atoms with van der Waals surface area (Å²) >= 11 is 0.